The molecule has 0 saturated heterocycles. The summed E-state index contributed by atoms with van der Waals surface area (Å²) in [6.07, 6.45) is 2.08. The van der Waals surface area contributed by atoms with Gasteiger partial charge in [0.25, 0.3) is 0 Å². The van der Waals surface area contributed by atoms with Gasteiger partial charge in [0, 0.05) is 33.9 Å². The van der Waals surface area contributed by atoms with Crippen LogP contribution in [0, 0.1) is 0 Å². The van der Waals surface area contributed by atoms with E-state index in [1.54, 1.807) is 13.2 Å². The third-order valence-corrected chi connectivity index (χ3v) is 5.80. The zero-order valence-electron chi connectivity index (χ0n) is 10.7. The molecule has 0 bridgehead atoms. The molecular weight excluding hydrogens is 308 g/mol. The van der Waals surface area contributed by atoms with Crippen LogP contribution in [0.1, 0.15) is 13.3 Å². The van der Waals surface area contributed by atoms with E-state index < -0.39 is 20.8 Å². The number of benzene rings is 1. The average molecular weight is 325 g/mol. The Morgan fingerprint density at radius 3 is 2.68 bits per heavy atom. The number of anilines is 1. The second-order valence-electron chi connectivity index (χ2n) is 4.18. The first-order valence-corrected chi connectivity index (χ1v) is 9.09. The normalized spacial score (nSPS) is 15.1. The Balaban J connectivity index is 2.76. The monoisotopic (exact) mass is 324 g/mol. The maximum absolute atomic E-state index is 12.0. The van der Waals surface area contributed by atoms with Gasteiger partial charge in [-0.25, -0.2) is 13.1 Å². The molecule has 0 radical (unpaired) electrons. The van der Waals surface area contributed by atoms with E-state index in [0.29, 0.717) is 11.4 Å². The first-order chi connectivity index (χ1) is 8.74. The molecule has 2 unspecified atom stereocenters. The van der Waals surface area contributed by atoms with Crippen molar-refractivity contribution in [2.75, 3.05) is 18.5 Å². The summed E-state index contributed by atoms with van der Waals surface area (Å²) in [6, 6.07) is 4.28. The highest BCUT2D eigenvalue weighted by molar-refractivity contribution is 7.89. The largest absolute Gasteiger partial charge is 0.398 e. The first-order valence-electron chi connectivity index (χ1n) is 5.61. The van der Waals surface area contributed by atoms with Crippen LogP contribution in [-0.4, -0.2) is 30.7 Å². The van der Waals surface area contributed by atoms with Gasteiger partial charge >= 0.3 is 0 Å². The lowest BCUT2D eigenvalue weighted by atomic mass is 10.3. The van der Waals surface area contributed by atoms with Crippen molar-refractivity contribution in [3.05, 3.63) is 23.2 Å². The SMILES string of the molecule is CC(CCNS(=O)(=O)c1cc(Cl)ccc1N)S(C)=O. The molecule has 0 amide bonds. The van der Waals surface area contributed by atoms with Crippen molar-refractivity contribution < 1.29 is 12.6 Å². The summed E-state index contributed by atoms with van der Waals surface area (Å²) in [5.41, 5.74) is 5.77. The van der Waals surface area contributed by atoms with Gasteiger partial charge in [-0.15, -0.1) is 0 Å². The van der Waals surface area contributed by atoms with E-state index >= 15 is 0 Å². The first kappa shape index (κ1) is 16.4. The molecule has 3 N–H and O–H groups in total. The van der Waals surface area contributed by atoms with Gasteiger partial charge < -0.3 is 5.73 Å². The molecule has 0 heterocycles. The summed E-state index contributed by atoms with van der Waals surface area (Å²) in [5, 5.41) is 0.233. The van der Waals surface area contributed by atoms with Crippen LogP contribution in [0.4, 0.5) is 5.69 Å². The number of nitrogens with one attached hydrogen (secondary N) is 1. The molecule has 0 aliphatic rings. The maximum atomic E-state index is 12.0. The summed E-state index contributed by atoms with van der Waals surface area (Å²) in [7, 11) is -4.66. The molecule has 1 aromatic rings. The van der Waals surface area contributed by atoms with Gasteiger partial charge in [0.2, 0.25) is 10.0 Å². The number of hydrogen-bond donors (Lipinski definition) is 2. The minimum Gasteiger partial charge on any atom is -0.398 e. The lowest BCUT2D eigenvalue weighted by Crippen LogP contribution is -2.28. The van der Waals surface area contributed by atoms with E-state index in [4.69, 9.17) is 17.3 Å². The second kappa shape index (κ2) is 6.69. The summed E-state index contributed by atoms with van der Waals surface area (Å²) in [5.74, 6) is 0. The Kier molecular flexibility index (Phi) is 5.79. The number of hydrogen-bond acceptors (Lipinski definition) is 4. The molecular formula is C11H17ClN2O3S2. The smallest absolute Gasteiger partial charge is 0.242 e. The summed E-state index contributed by atoms with van der Waals surface area (Å²) in [6.45, 7) is 2.01. The molecule has 0 spiro atoms. The number of rotatable bonds is 6. The second-order valence-corrected chi connectivity index (χ2v) is 8.15. The Morgan fingerprint density at radius 2 is 2.11 bits per heavy atom. The van der Waals surface area contributed by atoms with Gasteiger partial charge in [0.1, 0.15) is 4.90 Å². The van der Waals surface area contributed by atoms with Crippen LogP contribution in [0.15, 0.2) is 23.1 Å². The summed E-state index contributed by atoms with van der Waals surface area (Å²) >= 11 is 5.76. The van der Waals surface area contributed by atoms with Crippen molar-refractivity contribution in [3.8, 4) is 0 Å². The van der Waals surface area contributed by atoms with E-state index in [0.717, 1.165) is 0 Å². The van der Waals surface area contributed by atoms with Crippen LogP contribution in [0.2, 0.25) is 5.02 Å². The number of sulfonamides is 1. The van der Waals surface area contributed by atoms with Crippen LogP contribution < -0.4 is 10.5 Å². The van der Waals surface area contributed by atoms with E-state index in [1.807, 2.05) is 0 Å². The van der Waals surface area contributed by atoms with Crippen molar-refractivity contribution in [3.63, 3.8) is 0 Å². The molecule has 5 nitrogen and oxygen atoms in total. The van der Waals surface area contributed by atoms with Gasteiger partial charge in [-0.3, -0.25) is 4.21 Å². The third-order valence-electron chi connectivity index (χ3n) is 2.67. The lowest BCUT2D eigenvalue weighted by molar-refractivity contribution is 0.578. The fraction of sp³-hybridized carbons (Fsp3) is 0.455. The molecule has 8 heteroatoms. The minimum absolute atomic E-state index is 0.0368. The van der Waals surface area contributed by atoms with Gasteiger partial charge in [-0.2, -0.15) is 0 Å². The van der Waals surface area contributed by atoms with Crippen LogP contribution in [-0.2, 0) is 20.8 Å². The zero-order valence-corrected chi connectivity index (χ0v) is 13.1. The molecule has 1 aromatic carbocycles. The highest BCUT2D eigenvalue weighted by Gasteiger charge is 2.18. The van der Waals surface area contributed by atoms with E-state index in [9.17, 15) is 12.6 Å². The topological polar surface area (TPSA) is 89.3 Å². The predicted molar refractivity (Wildman–Crippen MR) is 79.2 cm³/mol. The fourth-order valence-electron chi connectivity index (χ4n) is 1.38. The van der Waals surface area contributed by atoms with Crippen LogP contribution in [0.3, 0.4) is 0 Å². The minimum atomic E-state index is -3.69. The number of nitrogen functional groups attached to an aromatic ring is 1. The number of nitrogens with two attached hydrogens (primary N) is 1. The maximum Gasteiger partial charge on any atom is 0.242 e. The van der Waals surface area contributed by atoms with E-state index in [1.165, 1.54) is 18.2 Å². The molecule has 0 aromatic heterocycles. The van der Waals surface area contributed by atoms with Crippen LogP contribution >= 0.6 is 11.6 Å². The van der Waals surface area contributed by atoms with Crippen LogP contribution in [0.5, 0.6) is 0 Å². The summed E-state index contributed by atoms with van der Waals surface area (Å²) in [4.78, 5) is -0.0368. The van der Waals surface area contributed by atoms with Crippen LogP contribution in [0.25, 0.3) is 0 Å². The predicted octanol–water partition coefficient (Wildman–Crippen LogP) is 1.36. The van der Waals surface area contributed by atoms with Gasteiger partial charge in [0.05, 0.1) is 5.69 Å². The van der Waals surface area contributed by atoms with Crippen molar-refractivity contribution in [2.45, 2.75) is 23.5 Å². The van der Waals surface area contributed by atoms with Crippen molar-refractivity contribution in [1.29, 1.82) is 0 Å². The van der Waals surface area contributed by atoms with Gasteiger partial charge in [-0.1, -0.05) is 18.5 Å². The standard InChI is InChI=1S/C11H17ClN2O3S2/c1-8(18(2)15)5-6-14-19(16,17)11-7-9(12)3-4-10(11)13/h3-4,7-8,14H,5-6,13H2,1-2H3. The number of halogens is 1. The molecule has 0 aliphatic heterocycles. The lowest BCUT2D eigenvalue weighted by Gasteiger charge is -2.11. The highest BCUT2D eigenvalue weighted by atomic mass is 35.5. The fourth-order valence-corrected chi connectivity index (χ4v) is 3.27. The summed E-state index contributed by atoms with van der Waals surface area (Å²) < 4.78 is 37.7. The van der Waals surface area contributed by atoms with Crippen molar-refractivity contribution in [1.82, 2.24) is 4.72 Å². The molecule has 0 saturated carbocycles. The highest BCUT2D eigenvalue weighted by Crippen LogP contribution is 2.22. The Hall–Kier alpha value is -0.630. The Bertz CT molecular complexity index is 575. The Morgan fingerprint density at radius 1 is 1.47 bits per heavy atom. The van der Waals surface area contributed by atoms with E-state index in [2.05, 4.69) is 4.72 Å². The zero-order chi connectivity index (χ0) is 14.6. The molecule has 108 valence electrons. The molecule has 0 aliphatic carbocycles. The van der Waals surface area contributed by atoms with Gasteiger partial charge in [0.15, 0.2) is 0 Å². The molecule has 1 rings (SSSR count). The average Bonchev–Trinajstić information content (AvgIpc) is 2.31. The molecule has 19 heavy (non-hydrogen) atoms. The molecule has 2 atom stereocenters. The quantitative estimate of drug-likeness (QED) is 0.773. The Labute approximate surface area is 121 Å². The van der Waals surface area contributed by atoms with Crippen molar-refractivity contribution in [2.24, 2.45) is 0 Å². The third kappa shape index (κ3) is 4.76. The van der Waals surface area contributed by atoms with E-state index in [-0.39, 0.29) is 22.4 Å². The molecule has 0 fully saturated rings. The van der Waals surface area contributed by atoms with Crippen molar-refractivity contribution >= 4 is 38.1 Å². The van der Waals surface area contributed by atoms with Gasteiger partial charge in [-0.05, 0) is 24.6 Å².